The molecule has 1 aliphatic heterocycles. The molecule has 0 amide bonds. The van der Waals surface area contributed by atoms with Gasteiger partial charge >= 0.3 is 0 Å². The van der Waals surface area contributed by atoms with Gasteiger partial charge in [-0.1, -0.05) is 31.3 Å². The summed E-state index contributed by atoms with van der Waals surface area (Å²) in [6.45, 7) is 5.89. The summed E-state index contributed by atoms with van der Waals surface area (Å²) >= 11 is 0. The number of pyridine rings is 1. The average molecular weight is 372 g/mol. The Labute approximate surface area is 162 Å². The summed E-state index contributed by atoms with van der Waals surface area (Å²) in [5.74, 6) is 0.904. The van der Waals surface area contributed by atoms with Crippen molar-refractivity contribution in [3.8, 4) is 0 Å². The van der Waals surface area contributed by atoms with Gasteiger partial charge < -0.3 is 15.1 Å². The fourth-order valence-corrected chi connectivity index (χ4v) is 4.06. The third kappa shape index (κ3) is 5.51. The first-order valence-corrected chi connectivity index (χ1v) is 10.4. The van der Waals surface area contributed by atoms with E-state index in [1.807, 2.05) is 26.1 Å². The molecule has 0 radical (unpaired) electrons. The first-order valence-electron chi connectivity index (χ1n) is 10.4. The number of aryl methyl sites for hydroxylation is 1. The van der Waals surface area contributed by atoms with Crippen LogP contribution in [0.5, 0.6) is 0 Å². The number of piperidine rings is 1. The lowest BCUT2D eigenvalue weighted by atomic mass is 9.93. The summed E-state index contributed by atoms with van der Waals surface area (Å²) in [5.41, 5.74) is 1.75. The van der Waals surface area contributed by atoms with Crippen LogP contribution in [0.25, 0.3) is 0 Å². The van der Waals surface area contributed by atoms with Crippen molar-refractivity contribution in [1.82, 2.24) is 10.3 Å². The van der Waals surface area contributed by atoms with Crippen molar-refractivity contribution in [3.05, 3.63) is 23.4 Å². The van der Waals surface area contributed by atoms with Crippen molar-refractivity contribution in [2.75, 3.05) is 18.0 Å². The van der Waals surface area contributed by atoms with Gasteiger partial charge in [0.2, 0.25) is 0 Å². The van der Waals surface area contributed by atoms with Crippen LogP contribution in [0.15, 0.2) is 17.4 Å². The highest BCUT2D eigenvalue weighted by Crippen LogP contribution is 2.25. The zero-order chi connectivity index (χ0) is 19.1. The van der Waals surface area contributed by atoms with Crippen LogP contribution in [0.4, 0.5) is 5.82 Å². The molecule has 2 heterocycles. The highest BCUT2D eigenvalue weighted by atomic mass is 16.6. The number of nitrogens with zero attached hydrogens (tertiary/aromatic N) is 3. The molecule has 2 fully saturated rings. The van der Waals surface area contributed by atoms with Gasteiger partial charge in [-0.25, -0.2) is 4.98 Å². The molecule has 1 saturated heterocycles. The Kier molecular flexibility index (Phi) is 7.21. The largest absolute Gasteiger partial charge is 0.356 e. The second-order valence-corrected chi connectivity index (χ2v) is 7.76. The van der Waals surface area contributed by atoms with Crippen molar-refractivity contribution in [3.63, 3.8) is 0 Å². The van der Waals surface area contributed by atoms with E-state index in [2.05, 4.69) is 20.4 Å². The van der Waals surface area contributed by atoms with E-state index >= 15 is 0 Å². The standard InChI is InChI=1S/C21H33N5O/c1-3-11-24-27-20(22)19-14-16(2)15-23-21(19)26-12-9-18(10-13-26)25-17-7-5-4-6-8-17/h11,14-15,17-18,22,25H,3-10,12-13H2,1-2H3/b22-20?,24-11+. The van der Waals surface area contributed by atoms with Crippen LogP contribution < -0.4 is 10.2 Å². The highest BCUT2D eigenvalue weighted by molar-refractivity contribution is 5.97. The van der Waals surface area contributed by atoms with Gasteiger partial charge in [-0.3, -0.25) is 5.41 Å². The van der Waals surface area contributed by atoms with E-state index in [-0.39, 0.29) is 5.90 Å². The van der Waals surface area contributed by atoms with E-state index in [0.29, 0.717) is 12.1 Å². The molecule has 2 aliphatic rings. The lowest BCUT2D eigenvalue weighted by Gasteiger charge is -2.36. The molecular formula is C21H33N5O. The SMILES string of the molecule is CC/C=N/OC(=N)c1cc(C)cnc1N1CCC(NC2CCCCC2)CC1. The van der Waals surface area contributed by atoms with Crippen molar-refractivity contribution in [1.29, 1.82) is 5.41 Å². The van der Waals surface area contributed by atoms with Gasteiger partial charge in [-0.05, 0) is 50.7 Å². The monoisotopic (exact) mass is 371 g/mol. The molecule has 3 rings (SSSR count). The minimum atomic E-state index is 0.0633. The first kappa shape index (κ1) is 19.8. The number of hydrogen-bond donors (Lipinski definition) is 2. The van der Waals surface area contributed by atoms with Crippen LogP contribution in [-0.2, 0) is 4.84 Å². The maximum atomic E-state index is 8.26. The van der Waals surface area contributed by atoms with Crippen molar-refractivity contribution in [2.45, 2.75) is 77.3 Å². The predicted molar refractivity (Wildman–Crippen MR) is 111 cm³/mol. The van der Waals surface area contributed by atoms with Gasteiger partial charge in [0.1, 0.15) is 5.82 Å². The maximum absolute atomic E-state index is 8.26. The normalized spacial score (nSPS) is 19.6. The Morgan fingerprint density at radius 3 is 2.67 bits per heavy atom. The molecule has 0 spiro atoms. The molecule has 2 N–H and O–H groups in total. The number of hydrogen-bond acceptors (Lipinski definition) is 6. The number of nitrogens with one attached hydrogen (secondary N) is 2. The molecule has 0 atom stereocenters. The van der Waals surface area contributed by atoms with Crippen molar-refractivity contribution >= 4 is 17.9 Å². The summed E-state index contributed by atoms with van der Waals surface area (Å²) in [5, 5.41) is 16.0. The molecular weight excluding hydrogens is 338 g/mol. The molecule has 0 aromatic carbocycles. The molecule has 0 unspecified atom stereocenters. The van der Waals surface area contributed by atoms with Gasteiger partial charge in [-0.2, -0.15) is 0 Å². The Balaban J connectivity index is 1.61. The molecule has 1 saturated carbocycles. The van der Waals surface area contributed by atoms with E-state index in [1.54, 1.807) is 6.21 Å². The zero-order valence-electron chi connectivity index (χ0n) is 16.7. The highest BCUT2D eigenvalue weighted by Gasteiger charge is 2.25. The molecule has 6 nitrogen and oxygen atoms in total. The van der Waals surface area contributed by atoms with E-state index in [4.69, 9.17) is 10.2 Å². The Hall–Kier alpha value is -1.95. The van der Waals surface area contributed by atoms with E-state index in [9.17, 15) is 0 Å². The maximum Gasteiger partial charge on any atom is 0.252 e. The van der Waals surface area contributed by atoms with Gasteiger partial charge in [-0.15, -0.1) is 0 Å². The summed E-state index contributed by atoms with van der Waals surface area (Å²) in [7, 11) is 0. The molecule has 0 bridgehead atoms. The van der Waals surface area contributed by atoms with Crippen molar-refractivity contribution < 1.29 is 4.84 Å². The van der Waals surface area contributed by atoms with Crippen LogP contribution in [0.3, 0.4) is 0 Å². The second kappa shape index (κ2) is 9.83. The molecule has 27 heavy (non-hydrogen) atoms. The fraction of sp³-hybridized carbons (Fsp3) is 0.667. The van der Waals surface area contributed by atoms with Crippen LogP contribution in [0, 0.1) is 12.3 Å². The topological polar surface area (TPSA) is 73.6 Å². The molecule has 1 aromatic rings. The third-order valence-electron chi connectivity index (χ3n) is 5.52. The number of aromatic nitrogens is 1. The Morgan fingerprint density at radius 1 is 1.26 bits per heavy atom. The zero-order valence-corrected chi connectivity index (χ0v) is 16.7. The summed E-state index contributed by atoms with van der Waals surface area (Å²) in [4.78, 5) is 12.2. The second-order valence-electron chi connectivity index (χ2n) is 7.76. The van der Waals surface area contributed by atoms with Crippen LogP contribution >= 0.6 is 0 Å². The van der Waals surface area contributed by atoms with Gasteiger partial charge in [0.05, 0.1) is 5.56 Å². The number of anilines is 1. The fourth-order valence-electron chi connectivity index (χ4n) is 4.06. The van der Waals surface area contributed by atoms with Crippen LogP contribution in [0.2, 0.25) is 0 Å². The Morgan fingerprint density at radius 2 is 1.96 bits per heavy atom. The predicted octanol–water partition coefficient (Wildman–Crippen LogP) is 4.02. The van der Waals surface area contributed by atoms with Crippen molar-refractivity contribution in [2.24, 2.45) is 5.16 Å². The molecule has 1 aliphatic carbocycles. The molecule has 148 valence electrons. The molecule has 6 heteroatoms. The molecule has 1 aromatic heterocycles. The summed E-state index contributed by atoms with van der Waals surface area (Å²) in [6.07, 6.45) is 13.4. The average Bonchev–Trinajstić information content (AvgIpc) is 2.69. The lowest BCUT2D eigenvalue weighted by molar-refractivity contribution is 0.307. The quantitative estimate of drug-likeness (QED) is 0.450. The summed E-state index contributed by atoms with van der Waals surface area (Å²) in [6, 6.07) is 3.28. The minimum Gasteiger partial charge on any atom is -0.356 e. The van der Waals surface area contributed by atoms with E-state index in [1.165, 1.54) is 32.1 Å². The third-order valence-corrected chi connectivity index (χ3v) is 5.52. The first-order chi connectivity index (χ1) is 13.2. The van der Waals surface area contributed by atoms with Crippen LogP contribution in [0.1, 0.15) is 69.4 Å². The lowest BCUT2D eigenvalue weighted by Crippen LogP contribution is -2.47. The van der Waals surface area contributed by atoms with E-state index in [0.717, 1.165) is 49.3 Å². The number of rotatable bonds is 6. The smallest absolute Gasteiger partial charge is 0.252 e. The van der Waals surface area contributed by atoms with Gasteiger partial charge in [0.25, 0.3) is 5.90 Å². The van der Waals surface area contributed by atoms with Gasteiger partial charge in [0.15, 0.2) is 0 Å². The van der Waals surface area contributed by atoms with E-state index < -0.39 is 0 Å². The van der Waals surface area contributed by atoms with Crippen LogP contribution in [-0.4, -0.2) is 42.3 Å². The summed E-state index contributed by atoms with van der Waals surface area (Å²) < 4.78 is 0. The van der Waals surface area contributed by atoms with Gasteiger partial charge in [0, 0.05) is 37.6 Å². The number of oxime groups is 1. The minimum absolute atomic E-state index is 0.0633. The Bertz CT molecular complexity index is 646.